The van der Waals surface area contributed by atoms with Crippen LogP contribution >= 0.6 is 0 Å². The van der Waals surface area contributed by atoms with Crippen molar-refractivity contribution >= 4 is 0 Å². The van der Waals surface area contributed by atoms with E-state index in [0.717, 1.165) is 18.8 Å². The average Bonchev–Trinajstić information content (AvgIpc) is 2.63. The summed E-state index contributed by atoms with van der Waals surface area (Å²) in [7, 11) is 0. The van der Waals surface area contributed by atoms with E-state index in [1.165, 1.54) is 16.7 Å². The van der Waals surface area contributed by atoms with Crippen LogP contribution in [0.1, 0.15) is 29.4 Å². The highest BCUT2D eigenvalue weighted by Gasteiger charge is 2.02. The molecule has 0 aliphatic rings. The first-order valence-electron chi connectivity index (χ1n) is 5.76. The molecule has 2 heteroatoms. The summed E-state index contributed by atoms with van der Waals surface area (Å²) in [6.07, 6.45) is 4.91. The van der Waals surface area contributed by atoms with Crippen LogP contribution in [0, 0.1) is 13.8 Å². The molecule has 1 heterocycles. The van der Waals surface area contributed by atoms with Crippen molar-refractivity contribution in [3.63, 3.8) is 0 Å². The van der Waals surface area contributed by atoms with Gasteiger partial charge >= 0.3 is 0 Å². The fourth-order valence-electron chi connectivity index (χ4n) is 2.16. The molecule has 2 aromatic rings. The van der Waals surface area contributed by atoms with Gasteiger partial charge < -0.3 is 4.57 Å². The molecular formula is C14H18N2. The molecule has 0 radical (unpaired) electrons. The molecule has 0 aliphatic heterocycles. The second-order valence-electron chi connectivity index (χ2n) is 4.32. The molecule has 1 aromatic heterocycles. The molecule has 0 amide bonds. The Morgan fingerprint density at radius 3 is 2.44 bits per heavy atom. The van der Waals surface area contributed by atoms with Gasteiger partial charge in [-0.15, -0.1) is 0 Å². The smallest absolute Gasteiger partial charge is 0.108 e. The number of rotatable bonds is 3. The highest BCUT2D eigenvalue weighted by atomic mass is 15.1. The zero-order chi connectivity index (χ0) is 11.5. The Morgan fingerprint density at radius 1 is 1.12 bits per heavy atom. The van der Waals surface area contributed by atoms with Crippen molar-refractivity contribution in [3.8, 4) is 0 Å². The van der Waals surface area contributed by atoms with Crippen molar-refractivity contribution in [2.45, 2.75) is 33.7 Å². The lowest BCUT2D eigenvalue weighted by molar-refractivity contribution is 0.731. The van der Waals surface area contributed by atoms with Crippen molar-refractivity contribution in [1.29, 1.82) is 0 Å². The summed E-state index contributed by atoms with van der Waals surface area (Å²) >= 11 is 0. The third-order valence-corrected chi connectivity index (χ3v) is 2.75. The number of hydrogen-bond donors (Lipinski definition) is 0. The maximum absolute atomic E-state index is 4.34. The van der Waals surface area contributed by atoms with Crippen LogP contribution in [0.4, 0.5) is 0 Å². The van der Waals surface area contributed by atoms with E-state index in [4.69, 9.17) is 0 Å². The van der Waals surface area contributed by atoms with Crippen LogP contribution in [0.2, 0.25) is 0 Å². The van der Waals surface area contributed by atoms with Gasteiger partial charge in [-0.25, -0.2) is 4.98 Å². The molecule has 0 aliphatic carbocycles. The standard InChI is InChI=1S/C14H18N2/c1-4-14-15-5-6-16(14)10-13-8-11(2)7-12(3)9-13/h5-9H,4,10H2,1-3H3. The number of hydrogen-bond acceptors (Lipinski definition) is 1. The van der Waals surface area contributed by atoms with Crippen molar-refractivity contribution in [3.05, 3.63) is 53.1 Å². The summed E-state index contributed by atoms with van der Waals surface area (Å²) in [5.74, 6) is 1.15. The minimum absolute atomic E-state index is 0.922. The van der Waals surface area contributed by atoms with Gasteiger partial charge in [-0.3, -0.25) is 0 Å². The summed E-state index contributed by atoms with van der Waals surface area (Å²) in [4.78, 5) is 4.34. The van der Waals surface area contributed by atoms with E-state index < -0.39 is 0 Å². The van der Waals surface area contributed by atoms with Crippen LogP contribution < -0.4 is 0 Å². The highest BCUT2D eigenvalue weighted by Crippen LogP contribution is 2.11. The number of aromatic nitrogens is 2. The van der Waals surface area contributed by atoms with Gasteiger partial charge in [0.1, 0.15) is 5.82 Å². The molecule has 0 N–H and O–H groups in total. The second-order valence-corrected chi connectivity index (χ2v) is 4.32. The number of nitrogens with zero attached hydrogens (tertiary/aromatic N) is 2. The van der Waals surface area contributed by atoms with Crippen LogP contribution in [0.15, 0.2) is 30.6 Å². The van der Waals surface area contributed by atoms with Gasteiger partial charge in [-0.1, -0.05) is 36.2 Å². The molecule has 0 bridgehead atoms. The Balaban J connectivity index is 2.26. The van der Waals surface area contributed by atoms with Crippen LogP contribution in [-0.2, 0) is 13.0 Å². The van der Waals surface area contributed by atoms with Gasteiger partial charge in [0.05, 0.1) is 0 Å². The molecule has 2 rings (SSSR count). The van der Waals surface area contributed by atoms with Crippen LogP contribution in [0.25, 0.3) is 0 Å². The van der Waals surface area contributed by atoms with E-state index in [1.54, 1.807) is 0 Å². The van der Waals surface area contributed by atoms with Crippen molar-refractivity contribution in [1.82, 2.24) is 9.55 Å². The van der Waals surface area contributed by atoms with Crippen molar-refractivity contribution in [2.75, 3.05) is 0 Å². The Hall–Kier alpha value is -1.57. The van der Waals surface area contributed by atoms with Crippen molar-refractivity contribution in [2.24, 2.45) is 0 Å². The minimum atomic E-state index is 0.922. The fraction of sp³-hybridized carbons (Fsp3) is 0.357. The van der Waals surface area contributed by atoms with Gasteiger partial charge in [-0.05, 0) is 19.4 Å². The maximum Gasteiger partial charge on any atom is 0.108 e. The van der Waals surface area contributed by atoms with E-state index in [-0.39, 0.29) is 0 Å². The van der Waals surface area contributed by atoms with E-state index in [0.29, 0.717) is 0 Å². The van der Waals surface area contributed by atoms with Gasteiger partial charge in [0.25, 0.3) is 0 Å². The highest BCUT2D eigenvalue weighted by molar-refractivity contribution is 5.28. The summed E-state index contributed by atoms with van der Waals surface area (Å²) in [6, 6.07) is 6.69. The van der Waals surface area contributed by atoms with Crippen LogP contribution in [0.5, 0.6) is 0 Å². The first-order valence-corrected chi connectivity index (χ1v) is 5.76. The van der Waals surface area contributed by atoms with E-state index >= 15 is 0 Å². The zero-order valence-electron chi connectivity index (χ0n) is 10.2. The summed E-state index contributed by atoms with van der Waals surface area (Å²) in [6.45, 7) is 7.35. The minimum Gasteiger partial charge on any atom is -0.331 e. The number of imidazole rings is 1. The van der Waals surface area contributed by atoms with Gasteiger partial charge in [-0.2, -0.15) is 0 Å². The maximum atomic E-state index is 4.34. The fourth-order valence-corrected chi connectivity index (χ4v) is 2.16. The van der Waals surface area contributed by atoms with Crippen LogP contribution in [-0.4, -0.2) is 9.55 Å². The van der Waals surface area contributed by atoms with E-state index in [2.05, 4.69) is 54.7 Å². The first kappa shape index (κ1) is 10.9. The lowest BCUT2D eigenvalue weighted by Crippen LogP contribution is -2.03. The molecule has 0 fully saturated rings. The first-order chi connectivity index (χ1) is 7.69. The number of benzene rings is 1. The van der Waals surface area contributed by atoms with Gasteiger partial charge in [0, 0.05) is 25.4 Å². The lowest BCUT2D eigenvalue weighted by Gasteiger charge is -2.08. The monoisotopic (exact) mass is 214 g/mol. The largest absolute Gasteiger partial charge is 0.331 e. The third kappa shape index (κ3) is 2.32. The van der Waals surface area contributed by atoms with E-state index in [9.17, 15) is 0 Å². The molecule has 16 heavy (non-hydrogen) atoms. The Bertz CT molecular complexity index is 463. The molecule has 1 aromatic carbocycles. The molecular weight excluding hydrogens is 196 g/mol. The topological polar surface area (TPSA) is 17.8 Å². The number of aryl methyl sites for hydroxylation is 3. The zero-order valence-corrected chi connectivity index (χ0v) is 10.2. The Labute approximate surface area is 97.0 Å². The SMILES string of the molecule is CCc1nccn1Cc1cc(C)cc(C)c1. The molecule has 0 spiro atoms. The van der Waals surface area contributed by atoms with Gasteiger partial charge in [0.2, 0.25) is 0 Å². The average molecular weight is 214 g/mol. The van der Waals surface area contributed by atoms with Crippen LogP contribution in [0.3, 0.4) is 0 Å². The summed E-state index contributed by atoms with van der Waals surface area (Å²) in [5.41, 5.74) is 4.01. The van der Waals surface area contributed by atoms with E-state index in [1.807, 2.05) is 6.20 Å². The Morgan fingerprint density at radius 2 is 1.81 bits per heavy atom. The quantitative estimate of drug-likeness (QED) is 0.767. The predicted octanol–water partition coefficient (Wildman–Crippen LogP) is 3.11. The summed E-state index contributed by atoms with van der Waals surface area (Å²) in [5, 5.41) is 0. The molecule has 0 saturated carbocycles. The molecule has 0 unspecified atom stereocenters. The third-order valence-electron chi connectivity index (χ3n) is 2.75. The molecule has 0 atom stereocenters. The lowest BCUT2D eigenvalue weighted by atomic mass is 10.1. The Kier molecular flexibility index (Phi) is 3.09. The second kappa shape index (κ2) is 4.52. The van der Waals surface area contributed by atoms with Crippen molar-refractivity contribution < 1.29 is 0 Å². The molecule has 0 saturated heterocycles. The van der Waals surface area contributed by atoms with Gasteiger partial charge in [0.15, 0.2) is 0 Å². The normalized spacial score (nSPS) is 10.7. The predicted molar refractivity (Wildman–Crippen MR) is 66.6 cm³/mol. The molecule has 2 nitrogen and oxygen atoms in total. The summed E-state index contributed by atoms with van der Waals surface area (Å²) < 4.78 is 2.22. The molecule has 84 valence electrons.